The molecular formula is C40H50N12O11S. The van der Waals surface area contributed by atoms with Gasteiger partial charge in [0.2, 0.25) is 29.5 Å². The molecular weight excluding hydrogens is 857 g/mol. The highest BCUT2D eigenvalue weighted by atomic mass is 32.2. The smallest absolute Gasteiger partial charge is 0.305 e. The Bertz CT molecular complexity index is 2310. The molecule has 23 nitrogen and oxygen atoms in total. The van der Waals surface area contributed by atoms with Crippen molar-refractivity contribution in [3.63, 3.8) is 0 Å². The molecule has 1 aliphatic rings. The molecule has 0 saturated carbocycles. The van der Waals surface area contributed by atoms with Gasteiger partial charge in [-0.2, -0.15) is 13.5 Å². The van der Waals surface area contributed by atoms with Crippen molar-refractivity contribution in [2.75, 3.05) is 19.6 Å². The van der Waals surface area contributed by atoms with Gasteiger partial charge < -0.3 is 48.5 Å². The van der Waals surface area contributed by atoms with Crippen molar-refractivity contribution in [2.45, 2.75) is 80.6 Å². The number of amides is 6. The Labute approximate surface area is 367 Å². The molecule has 1 fully saturated rings. The number of carbonyl (C=O) groups excluding carboxylic acids is 6. The summed E-state index contributed by atoms with van der Waals surface area (Å²) in [5.74, 6) is -6.23. The Morgan fingerprint density at radius 3 is 2.09 bits per heavy atom. The van der Waals surface area contributed by atoms with Crippen LogP contribution in [0.25, 0.3) is 0 Å². The maximum absolute atomic E-state index is 14.0. The van der Waals surface area contributed by atoms with Crippen molar-refractivity contribution in [2.24, 2.45) is 26.7 Å². The maximum Gasteiger partial charge on any atom is 0.305 e. The standard InChI is InChI=1S/C40H50N12O11S/c41-40(42)44-18-8-13-27-37(58)49-28(12-6-7-17-43-35(56)26-15-16-32(45-21-26)52-47-22-25-11-4-5-14-31(25)64(61,62)63)38(59)50-29(19-24-9-2-1-3-10-24)39(60)51-30(20-34(54)55)36(57)46-23-33(53)48-27/h1-5,9-11,14-16,21,27-30H,6-8,12-13,17-20,22-23H2,(H,43,56)(H,46,57)(H,48,53)(H,49,58)(H,50,59)(H,51,60)(H,54,55)(H4,41,42,44)(H,61,62,63)/t27?,28?,29-,30-/m1/s1. The number of nitrogens with zero attached hydrogens (tertiary/aromatic N) is 4. The first-order chi connectivity index (χ1) is 30.5. The van der Waals surface area contributed by atoms with Crippen molar-refractivity contribution in [1.29, 1.82) is 0 Å². The molecule has 4 rings (SSSR count). The van der Waals surface area contributed by atoms with E-state index in [0.29, 0.717) is 12.0 Å². The van der Waals surface area contributed by atoms with Crippen molar-refractivity contribution in [3.05, 3.63) is 89.6 Å². The van der Waals surface area contributed by atoms with E-state index in [9.17, 15) is 51.6 Å². The van der Waals surface area contributed by atoms with Crippen LogP contribution in [0.1, 0.15) is 60.0 Å². The van der Waals surface area contributed by atoms with Gasteiger partial charge in [-0.3, -0.25) is 43.1 Å². The lowest BCUT2D eigenvalue weighted by atomic mass is 10.0. The van der Waals surface area contributed by atoms with Crippen molar-refractivity contribution in [1.82, 2.24) is 36.9 Å². The van der Waals surface area contributed by atoms with Gasteiger partial charge in [-0.1, -0.05) is 48.5 Å². The van der Waals surface area contributed by atoms with Gasteiger partial charge in [-0.15, -0.1) is 5.11 Å². The Morgan fingerprint density at radius 2 is 1.42 bits per heavy atom. The van der Waals surface area contributed by atoms with Crippen LogP contribution in [0, 0.1) is 0 Å². The summed E-state index contributed by atoms with van der Waals surface area (Å²) in [5, 5.41) is 32.6. The second-order valence-electron chi connectivity index (χ2n) is 14.4. The molecule has 0 aliphatic carbocycles. The van der Waals surface area contributed by atoms with Crippen molar-refractivity contribution >= 4 is 63.3 Å². The van der Waals surface area contributed by atoms with Crippen LogP contribution in [-0.2, 0) is 51.9 Å². The lowest BCUT2D eigenvalue weighted by Gasteiger charge is -2.26. The minimum Gasteiger partial charge on any atom is -0.481 e. The molecule has 2 heterocycles. The van der Waals surface area contributed by atoms with E-state index in [1.807, 2.05) is 0 Å². The first-order valence-electron chi connectivity index (χ1n) is 20.0. The Morgan fingerprint density at radius 1 is 0.781 bits per heavy atom. The number of rotatable bonds is 18. The second-order valence-corrected chi connectivity index (χ2v) is 15.8. The summed E-state index contributed by atoms with van der Waals surface area (Å²) >= 11 is 0. The van der Waals surface area contributed by atoms with Crippen LogP contribution in [0.3, 0.4) is 0 Å². The number of carboxylic acids is 1. The van der Waals surface area contributed by atoms with Gasteiger partial charge in [0.15, 0.2) is 11.8 Å². The number of azo groups is 1. The zero-order valence-electron chi connectivity index (χ0n) is 34.4. The third-order valence-corrected chi connectivity index (χ3v) is 10.4. The van der Waals surface area contributed by atoms with Gasteiger partial charge in [0, 0.05) is 25.7 Å². The highest BCUT2D eigenvalue weighted by Gasteiger charge is 2.33. The van der Waals surface area contributed by atoms with Gasteiger partial charge in [0.25, 0.3) is 16.0 Å². The summed E-state index contributed by atoms with van der Waals surface area (Å²) in [5.41, 5.74) is 11.8. The minimum absolute atomic E-state index is 0.000562. The number of aliphatic carboxylic acids is 1. The number of guanidine groups is 1. The number of hydrogen-bond donors (Lipinski definition) is 10. The predicted octanol–water partition coefficient (Wildman–Crippen LogP) is -0.648. The molecule has 3 aromatic rings. The molecule has 0 spiro atoms. The molecule has 4 atom stereocenters. The van der Waals surface area contributed by atoms with Gasteiger partial charge in [0.05, 0.1) is 30.0 Å². The van der Waals surface area contributed by atoms with Crippen LogP contribution >= 0.6 is 0 Å². The number of carboxylic acid groups (broad SMARTS) is 1. The Kier molecular flexibility index (Phi) is 18.8. The number of nitrogens with two attached hydrogens (primary N) is 2. The number of aromatic nitrogens is 1. The molecule has 24 heteroatoms. The lowest BCUT2D eigenvalue weighted by Crippen LogP contribution is -2.58. The summed E-state index contributed by atoms with van der Waals surface area (Å²) in [6.07, 6.45) is 1.13. The topological polar surface area (TPSA) is 368 Å². The number of unbranched alkanes of at least 4 members (excludes halogenated alkanes) is 1. The normalized spacial score (nSPS) is 18.9. The van der Waals surface area contributed by atoms with Gasteiger partial charge >= 0.3 is 5.97 Å². The van der Waals surface area contributed by atoms with Crippen LogP contribution in [0.2, 0.25) is 0 Å². The van der Waals surface area contributed by atoms with E-state index in [1.54, 1.807) is 36.4 Å². The first-order valence-corrected chi connectivity index (χ1v) is 21.4. The average Bonchev–Trinajstić information content (AvgIpc) is 3.25. The van der Waals surface area contributed by atoms with Crippen LogP contribution in [-0.4, -0.2) is 114 Å². The lowest BCUT2D eigenvalue weighted by molar-refractivity contribution is -0.141. The molecule has 12 N–H and O–H groups in total. The largest absolute Gasteiger partial charge is 0.481 e. The molecule has 0 bridgehead atoms. The van der Waals surface area contributed by atoms with Crippen molar-refractivity contribution in [3.8, 4) is 0 Å². The number of aliphatic imine (C=N–C) groups is 1. The van der Waals surface area contributed by atoms with E-state index < -0.39 is 88.7 Å². The molecule has 1 aromatic heterocycles. The van der Waals surface area contributed by atoms with E-state index in [4.69, 9.17) is 11.5 Å². The molecule has 1 saturated heterocycles. The van der Waals surface area contributed by atoms with Gasteiger partial charge in [-0.05, 0) is 61.4 Å². The third kappa shape index (κ3) is 16.5. The van der Waals surface area contributed by atoms with Crippen LogP contribution in [0.5, 0.6) is 0 Å². The van der Waals surface area contributed by atoms with E-state index in [-0.39, 0.29) is 79.5 Å². The van der Waals surface area contributed by atoms with E-state index in [0.717, 1.165) is 0 Å². The van der Waals surface area contributed by atoms with Gasteiger partial charge in [0.1, 0.15) is 24.2 Å². The average molecular weight is 907 g/mol. The van der Waals surface area contributed by atoms with E-state index in [2.05, 4.69) is 52.1 Å². The monoisotopic (exact) mass is 906 g/mol. The van der Waals surface area contributed by atoms with Gasteiger partial charge in [-0.25, -0.2) is 4.98 Å². The molecule has 2 unspecified atom stereocenters. The number of hydrogen-bond acceptors (Lipinski definition) is 13. The molecule has 1 aliphatic heterocycles. The SMILES string of the molecule is NC(N)=NCCCC1NC(=O)CNC(=O)[C@@H](CC(=O)O)NC(=O)[C@@H](Cc2ccccc2)NC(=O)C(CCCCNC(=O)c2ccc(N=NCc3ccccc3S(=O)(=O)O)nc2)NC1=O. The minimum atomic E-state index is -4.46. The quantitative estimate of drug-likeness (QED) is 0.0250. The van der Waals surface area contributed by atoms with E-state index in [1.165, 1.54) is 36.5 Å². The van der Waals surface area contributed by atoms with Crippen LogP contribution < -0.4 is 43.4 Å². The van der Waals surface area contributed by atoms with Crippen molar-refractivity contribution < 1.29 is 51.6 Å². The fourth-order valence-electron chi connectivity index (χ4n) is 6.26. The Hall–Kier alpha value is -7.34. The number of pyridine rings is 1. The summed E-state index contributed by atoms with van der Waals surface area (Å²) in [6, 6.07) is 11.7. The summed E-state index contributed by atoms with van der Waals surface area (Å²) < 4.78 is 32.7. The summed E-state index contributed by atoms with van der Waals surface area (Å²) in [7, 11) is -4.46. The number of benzene rings is 2. The molecule has 64 heavy (non-hydrogen) atoms. The molecule has 6 amide bonds. The molecule has 342 valence electrons. The fourth-order valence-corrected chi connectivity index (χ4v) is 6.98. The predicted molar refractivity (Wildman–Crippen MR) is 228 cm³/mol. The third-order valence-electron chi connectivity index (χ3n) is 9.46. The highest BCUT2D eigenvalue weighted by molar-refractivity contribution is 7.85. The second kappa shape index (κ2) is 24.3. The zero-order chi connectivity index (χ0) is 46.6. The van der Waals surface area contributed by atoms with Crippen LogP contribution in [0.4, 0.5) is 5.82 Å². The van der Waals surface area contributed by atoms with E-state index >= 15 is 0 Å². The number of nitrogens with one attached hydrogen (secondary N) is 6. The highest BCUT2D eigenvalue weighted by Crippen LogP contribution is 2.18. The molecule has 0 radical (unpaired) electrons. The number of carbonyl (C=O) groups is 7. The maximum atomic E-state index is 14.0. The fraction of sp³-hybridized carbons (Fsp3) is 0.375. The summed E-state index contributed by atoms with van der Waals surface area (Å²) in [6.45, 7) is -0.610. The zero-order valence-corrected chi connectivity index (χ0v) is 35.3. The first kappa shape index (κ1) is 49.3. The Balaban J connectivity index is 1.46. The van der Waals surface area contributed by atoms with Crippen LogP contribution in [0.15, 0.2) is 93.0 Å². The summed E-state index contributed by atoms with van der Waals surface area (Å²) in [4.78, 5) is 99.8. The molecule has 2 aromatic carbocycles.